The second-order valence-corrected chi connectivity index (χ2v) is 9.65. The van der Waals surface area contributed by atoms with Gasteiger partial charge in [0.1, 0.15) is 22.7 Å². The van der Waals surface area contributed by atoms with E-state index in [-0.39, 0.29) is 30.4 Å². The number of carbonyl (C=O) groups is 1. The van der Waals surface area contributed by atoms with Gasteiger partial charge in [-0.1, -0.05) is 12.1 Å². The lowest BCUT2D eigenvalue weighted by Gasteiger charge is -2.32. The number of rotatable bonds is 9. The number of benzene rings is 2. The number of pyridine rings is 1. The van der Waals surface area contributed by atoms with E-state index in [1.54, 1.807) is 60.6 Å². The van der Waals surface area contributed by atoms with Crippen molar-refractivity contribution >= 4 is 33.4 Å². The average Bonchev–Trinajstić information content (AvgIpc) is 3.30. The number of phenols is 1. The number of aromatic hydroxyl groups is 1. The summed E-state index contributed by atoms with van der Waals surface area (Å²) in [4.78, 5) is 21.3. The van der Waals surface area contributed by atoms with Gasteiger partial charge in [-0.15, -0.1) is 0 Å². The molecule has 36 heavy (non-hydrogen) atoms. The van der Waals surface area contributed by atoms with Gasteiger partial charge in [-0.05, 0) is 48.4 Å². The lowest BCUT2D eigenvalue weighted by Crippen LogP contribution is -2.40. The zero-order valence-corrected chi connectivity index (χ0v) is 21.0. The number of fused-ring (bicyclic) bond motifs is 1. The highest BCUT2D eigenvalue weighted by Crippen LogP contribution is 2.32. The molecule has 1 aromatic heterocycles. The van der Waals surface area contributed by atoms with E-state index in [0.29, 0.717) is 41.9 Å². The number of β-amino-alcohol motifs (C(OH)–C–C–N with tert-alkyl or cyclic N) is 1. The molecular formula is C25H30N4O6S. The summed E-state index contributed by atoms with van der Waals surface area (Å²) in [6.07, 6.45) is 1.91. The van der Waals surface area contributed by atoms with Crippen molar-refractivity contribution in [3.05, 3.63) is 60.3 Å². The summed E-state index contributed by atoms with van der Waals surface area (Å²) in [5.41, 5.74) is 1.68. The lowest BCUT2D eigenvalue weighted by atomic mass is 10.0. The van der Waals surface area contributed by atoms with E-state index >= 15 is 0 Å². The Morgan fingerprint density at radius 3 is 2.86 bits per heavy atom. The number of likely N-dealkylation sites (tertiary alicyclic amines) is 1. The number of hydrogen-bond acceptors (Lipinski definition) is 9. The van der Waals surface area contributed by atoms with Crippen LogP contribution >= 0.6 is 0 Å². The molecule has 3 atom stereocenters. The van der Waals surface area contributed by atoms with Crippen molar-refractivity contribution < 1.29 is 28.1 Å². The molecular weight excluding hydrogens is 484 g/mol. The highest BCUT2D eigenvalue weighted by molar-refractivity contribution is 7.69. The minimum absolute atomic E-state index is 0.121. The number of aliphatic hydroxyl groups is 1. The summed E-state index contributed by atoms with van der Waals surface area (Å²) in [6.45, 7) is 1.57. The maximum Gasteiger partial charge on any atom is 0.260 e. The molecule has 1 fully saturated rings. The first-order chi connectivity index (χ1) is 17.4. The largest absolute Gasteiger partial charge is 0.508 e. The van der Waals surface area contributed by atoms with E-state index in [2.05, 4.69) is 14.2 Å². The fraction of sp³-hybridized carbons (Fsp3) is 0.360. The Morgan fingerprint density at radius 1 is 1.31 bits per heavy atom. The summed E-state index contributed by atoms with van der Waals surface area (Å²) in [7, 11) is 0.808. The number of aromatic nitrogens is 1. The summed E-state index contributed by atoms with van der Waals surface area (Å²) >= 11 is 0. The Bertz CT molecular complexity index is 1310. The maximum absolute atomic E-state index is 13.2. The second-order valence-electron chi connectivity index (χ2n) is 8.61. The van der Waals surface area contributed by atoms with Crippen molar-refractivity contribution in [1.82, 2.24) is 14.8 Å². The Hall–Kier alpha value is -3.25. The van der Waals surface area contributed by atoms with Crippen LogP contribution in [0.3, 0.4) is 0 Å². The van der Waals surface area contributed by atoms with Crippen LogP contribution in [-0.4, -0.2) is 81.6 Å². The molecule has 2 aromatic carbocycles. The van der Waals surface area contributed by atoms with Crippen LogP contribution in [0.5, 0.6) is 11.5 Å². The highest BCUT2D eigenvalue weighted by Gasteiger charge is 2.28. The quantitative estimate of drug-likeness (QED) is 0.372. The minimum Gasteiger partial charge on any atom is -0.508 e. The molecule has 1 aliphatic heterocycles. The van der Waals surface area contributed by atoms with E-state index in [9.17, 15) is 19.2 Å². The number of carbonyl (C=O) groups excluding carboxylic acids is 1. The van der Waals surface area contributed by atoms with Crippen LogP contribution in [0.4, 0.5) is 5.69 Å². The standard InChI is InChI=1S/C25H30N4O6S/c1-28(22(15-29-12-10-19(31)14-29)17-5-3-6-18(30)13-17)24(32)16-35-23-9-8-21(27-36(33)34-2)25-20(23)7-4-11-26-25/h3-9,11,13,19,22,30-31,36H,10,12,14-16H2,1-2H3/t19-,22?/m0/s1. The minimum atomic E-state index is -2.21. The monoisotopic (exact) mass is 514 g/mol. The van der Waals surface area contributed by atoms with Gasteiger partial charge in [0.15, 0.2) is 17.5 Å². The summed E-state index contributed by atoms with van der Waals surface area (Å²) in [6, 6.07) is 13.3. The fourth-order valence-electron chi connectivity index (χ4n) is 4.29. The predicted octanol–water partition coefficient (Wildman–Crippen LogP) is 2.44. The number of thiol groups is 1. The molecule has 11 heteroatoms. The summed E-state index contributed by atoms with van der Waals surface area (Å²) < 4.78 is 26.5. The van der Waals surface area contributed by atoms with Crippen molar-refractivity contribution in [2.45, 2.75) is 18.6 Å². The third kappa shape index (κ3) is 6.11. The van der Waals surface area contributed by atoms with Crippen molar-refractivity contribution in [2.24, 2.45) is 4.36 Å². The molecule has 2 N–H and O–H groups in total. The Balaban J connectivity index is 1.53. The van der Waals surface area contributed by atoms with Crippen molar-refractivity contribution in [3.63, 3.8) is 0 Å². The van der Waals surface area contributed by atoms with Gasteiger partial charge in [0.05, 0.1) is 19.3 Å². The SMILES string of the molecule is CO[SH](=O)=Nc1ccc(OCC(=O)N(C)C(CN2CC[C@H](O)C2)c2cccc(O)c2)c2cccnc12. The molecule has 1 amide bonds. The third-order valence-electron chi connectivity index (χ3n) is 6.20. The molecule has 1 saturated heterocycles. The molecule has 2 heterocycles. The van der Waals surface area contributed by atoms with E-state index in [4.69, 9.17) is 8.92 Å². The third-order valence-corrected chi connectivity index (χ3v) is 6.89. The zero-order chi connectivity index (χ0) is 25.7. The van der Waals surface area contributed by atoms with Crippen molar-refractivity contribution in [3.8, 4) is 11.5 Å². The molecule has 10 nitrogen and oxygen atoms in total. The molecule has 0 spiro atoms. The van der Waals surface area contributed by atoms with Crippen LogP contribution in [0.1, 0.15) is 18.0 Å². The Morgan fingerprint density at radius 2 is 2.14 bits per heavy atom. The van der Waals surface area contributed by atoms with Crippen LogP contribution in [0.2, 0.25) is 0 Å². The van der Waals surface area contributed by atoms with Gasteiger partial charge < -0.3 is 19.8 Å². The zero-order valence-electron chi connectivity index (χ0n) is 20.1. The molecule has 3 aromatic rings. The fourth-order valence-corrected chi connectivity index (χ4v) is 4.71. The van der Waals surface area contributed by atoms with Crippen molar-refractivity contribution in [2.75, 3.05) is 40.4 Å². The number of ether oxygens (including phenoxy) is 1. The van der Waals surface area contributed by atoms with Crippen LogP contribution in [0, 0.1) is 0 Å². The average molecular weight is 515 g/mol. The molecule has 1 aliphatic rings. The summed E-state index contributed by atoms with van der Waals surface area (Å²) in [5, 5.41) is 20.6. The number of nitrogens with zero attached hydrogens (tertiary/aromatic N) is 4. The van der Waals surface area contributed by atoms with Gasteiger partial charge >= 0.3 is 0 Å². The summed E-state index contributed by atoms with van der Waals surface area (Å²) in [5.74, 6) is 0.315. The van der Waals surface area contributed by atoms with Crippen LogP contribution in [0.25, 0.3) is 10.9 Å². The molecule has 0 radical (unpaired) electrons. The van der Waals surface area contributed by atoms with Gasteiger partial charge in [0.25, 0.3) is 5.91 Å². The van der Waals surface area contributed by atoms with Crippen LogP contribution in [-0.2, 0) is 19.9 Å². The topological polar surface area (TPSA) is 125 Å². The number of aliphatic hydroxyl groups excluding tert-OH is 1. The number of phenolic OH excluding ortho intramolecular Hbond substituents is 1. The molecule has 192 valence electrons. The van der Waals surface area contributed by atoms with Gasteiger partial charge in [-0.2, -0.15) is 4.36 Å². The van der Waals surface area contributed by atoms with Gasteiger partial charge in [0, 0.05) is 38.3 Å². The Kier molecular flexibility index (Phi) is 8.36. The molecule has 4 rings (SSSR count). The normalized spacial score (nSPS) is 17.8. The van der Waals surface area contributed by atoms with E-state index in [1.165, 1.54) is 7.11 Å². The molecule has 2 unspecified atom stereocenters. The first-order valence-corrected chi connectivity index (χ1v) is 12.7. The second kappa shape index (κ2) is 11.7. The van der Waals surface area contributed by atoms with Gasteiger partial charge in [-0.3, -0.25) is 18.9 Å². The van der Waals surface area contributed by atoms with Crippen LogP contribution < -0.4 is 4.74 Å². The first-order valence-electron chi connectivity index (χ1n) is 11.5. The van der Waals surface area contributed by atoms with Crippen LogP contribution in [0.15, 0.2) is 59.1 Å². The number of likely N-dealkylation sites (N-methyl/N-ethyl adjacent to an activating group) is 1. The van der Waals surface area contributed by atoms with Crippen molar-refractivity contribution in [1.29, 1.82) is 0 Å². The molecule has 0 bridgehead atoms. The Labute approximate surface area is 211 Å². The van der Waals surface area contributed by atoms with E-state index in [1.807, 2.05) is 6.07 Å². The van der Waals surface area contributed by atoms with Gasteiger partial charge in [0.2, 0.25) is 0 Å². The maximum atomic E-state index is 13.2. The number of hydrogen-bond donors (Lipinski definition) is 3. The smallest absolute Gasteiger partial charge is 0.260 e. The van der Waals surface area contributed by atoms with E-state index < -0.39 is 10.9 Å². The molecule has 0 saturated carbocycles. The predicted molar refractivity (Wildman–Crippen MR) is 137 cm³/mol. The van der Waals surface area contributed by atoms with Gasteiger partial charge in [-0.25, -0.2) is 4.21 Å². The number of amides is 1. The first kappa shape index (κ1) is 25.8. The molecule has 0 aliphatic carbocycles. The van der Waals surface area contributed by atoms with E-state index in [0.717, 1.165) is 12.1 Å². The lowest BCUT2D eigenvalue weighted by molar-refractivity contribution is -0.134. The highest BCUT2D eigenvalue weighted by atomic mass is 32.2.